The maximum atomic E-state index is 5.61. The van der Waals surface area contributed by atoms with E-state index in [1.165, 1.54) is 36.8 Å². The quantitative estimate of drug-likeness (QED) is 0.835. The molecule has 4 rings (SSSR count). The second-order valence-corrected chi connectivity index (χ2v) is 8.39. The van der Waals surface area contributed by atoms with Crippen molar-refractivity contribution in [2.24, 2.45) is 0 Å². The lowest BCUT2D eigenvalue weighted by Gasteiger charge is -2.49. The van der Waals surface area contributed by atoms with Gasteiger partial charge in [-0.1, -0.05) is 19.3 Å². The Morgan fingerprint density at radius 3 is 2.72 bits per heavy atom. The molecular formula is C19H28N4OS. The molecule has 0 amide bonds. The summed E-state index contributed by atoms with van der Waals surface area (Å²) in [5, 5.41) is 2.12. The van der Waals surface area contributed by atoms with Crippen LogP contribution in [0.5, 0.6) is 0 Å². The number of morpholine rings is 1. The first kappa shape index (κ1) is 17.2. The molecule has 2 aliphatic rings. The molecule has 1 aliphatic heterocycles. The first-order valence-corrected chi connectivity index (χ1v) is 10.3. The summed E-state index contributed by atoms with van der Waals surface area (Å²) in [5.41, 5.74) is 1.34. The molecule has 0 N–H and O–H groups in total. The Morgan fingerprint density at radius 1 is 1.20 bits per heavy atom. The topological polar surface area (TPSA) is 41.5 Å². The third kappa shape index (κ3) is 3.39. The van der Waals surface area contributed by atoms with Gasteiger partial charge in [0.25, 0.3) is 0 Å². The van der Waals surface area contributed by atoms with E-state index in [9.17, 15) is 0 Å². The van der Waals surface area contributed by atoms with Crippen molar-refractivity contribution in [2.45, 2.75) is 44.6 Å². The summed E-state index contributed by atoms with van der Waals surface area (Å²) in [4.78, 5) is 14.5. The highest BCUT2D eigenvalue weighted by Crippen LogP contribution is 2.37. The van der Waals surface area contributed by atoms with E-state index in [0.29, 0.717) is 0 Å². The number of likely N-dealkylation sites (N-methyl/N-ethyl adjacent to an activating group) is 1. The average Bonchev–Trinajstić information content (AvgIpc) is 3.10. The van der Waals surface area contributed by atoms with Crippen LogP contribution in [0.15, 0.2) is 11.4 Å². The molecule has 1 saturated carbocycles. The predicted octanol–water partition coefficient (Wildman–Crippen LogP) is 3.47. The largest absolute Gasteiger partial charge is 0.379 e. The molecule has 1 aliphatic carbocycles. The van der Waals surface area contributed by atoms with Gasteiger partial charge in [0, 0.05) is 32.2 Å². The Balaban J connectivity index is 1.63. The van der Waals surface area contributed by atoms with Crippen LogP contribution in [0.4, 0.5) is 5.82 Å². The zero-order chi connectivity index (χ0) is 17.3. The number of hydrogen-bond acceptors (Lipinski definition) is 6. The van der Waals surface area contributed by atoms with Gasteiger partial charge in [-0.2, -0.15) is 0 Å². The van der Waals surface area contributed by atoms with Crippen LogP contribution in [0.1, 0.15) is 37.9 Å². The molecule has 5 nitrogen and oxygen atoms in total. The van der Waals surface area contributed by atoms with Gasteiger partial charge in [0.05, 0.1) is 23.4 Å². The van der Waals surface area contributed by atoms with Crippen molar-refractivity contribution in [2.75, 3.05) is 44.8 Å². The summed E-state index contributed by atoms with van der Waals surface area (Å²) in [5.74, 6) is 1.95. The fourth-order valence-electron chi connectivity index (χ4n) is 4.56. The molecule has 0 atom stereocenters. The van der Waals surface area contributed by atoms with Crippen LogP contribution in [0.2, 0.25) is 0 Å². The zero-order valence-electron chi connectivity index (χ0n) is 15.3. The van der Waals surface area contributed by atoms with E-state index < -0.39 is 0 Å². The molecule has 25 heavy (non-hydrogen) atoms. The van der Waals surface area contributed by atoms with Crippen LogP contribution in [-0.2, 0) is 4.74 Å². The van der Waals surface area contributed by atoms with Crippen molar-refractivity contribution in [1.82, 2.24) is 14.9 Å². The summed E-state index contributed by atoms with van der Waals surface area (Å²) in [6.07, 6.45) is 6.62. The Hall–Kier alpha value is -1.24. The molecular weight excluding hydrogens is 332 g/mol. The standard InChI is InChI=1S/C19H28N4OS/c1-15-20-16-6-13-25-17(16)18(21-15)22(2)14-19(7-4-3-5-8-19)23-9-11-24-12-10-23/h6,13H,3-5,7-12,14H2,1-2H3. The molecule has 0 bridgehead atoms. The first-order chi connectivity index (χ1) is 12.2. The number of fused-ring (bicyclic) bond motifs is 1. The summed E-state index contributed by atoms with van der Waals surface area (Å²) < 4.78 is 6.82. The first-order valence-electron chi connectivity index (χ1n) is 9.44. The molecule has 3 heterocycles. The summed E-state index contributed by atoms with van der Waals surface area (Å²) >= 11 is 1.75. The molecule has 136 valence electrons. The number of ether oxygens (including phenoxy) is 1. The predicted molar refractivity (Wildman–Crippen MR) is 104 cm³/mol. The number of aromatic nitrogens is 2. The number of anilines is 1. The van der Waals surface area contributed by atoms with Crippen molar-refractivity contribution < 1.29 is 4.74 Å². The third-order valence-corrected chi connectivity index (χ3v) is 6.66. The lowest BCUT2D eigenvalue weighted by molar-refractivity contribution is -0.0338. The molecule has 2 aromatic heterocycles. The smallest absolute Gasteiger partial charge is 0.150 e. The normalized spacial score (nSPS) is 21.5. The van der Waals surface area contributed by atoms with E-state index in [0.717, 1.165) is 50.0 Å². The van der Waals surface area contributed by atoms with E-state index in [-0.39, 0.29) is 5.54 Å². The van der Waals surface area contributed by atoms with E-state index >= 15 is 0 Å². The van der Waals surface area contributed by atoms with Gasteiger partial charge in [-0.3, -0.25) is 4.90 Å². The second-order valence-electron chi connectivity index (χ2n) is 7.47. The van der Waals surface area contributed by atoms with Gasteiger partial charge in [-0.25, -0.2) is 9.97 Å². The van der Waals surface area contributed by atoms with E-state index in [1.807, 2.05) is 6.92 Å². The number of nitrogens with zero attached hydrogens (tertiary/aromatic N) is 4. The van der Waals surface area contributed by atoms with Crippen LogP contribution >= 0.6 is 11.3 Å². The molecule has 2 fully saturated rings. The van der Waals surface area contributed by atoms with Crippen LogP contribution in [0.3, 0.4) is 0 Å². The molecule has 1 saturated heterocycles. The maximum Gasteiger partial charge on any atom is 0.150 e. The third-order valence-electron chi connectivity index (χ3n) is 5.76. The van der Waals surface area contributed by atoms with E-state index in [1.54, 1.807) is 11.3 Å². The lowest BCUT2D eigenvalue weighted by Crippen LogP contribution is -2.59. The second kappa shape index (κ2) is 7.17. The Kier molecular flexibility index (Phi) is 4.93. The highest BCUT2D eigenvalue weighted by atomic mass is 32.1. The van der Waals surface area contributed by atoms with Gasteiger partial charge in [0.1, 0.15) is 11.6 Å². The summed E-state index contributed by atoms with van der Waals surface area (Å²) in [7, 11) is 2.21. The summed E-state index contributed by atoms with van der Waals surface area (Å²) in [6, 6.07) is 2.10. The number of aryl methyl sites for hydroxylation is 1. The molecule has 0 radical (unpaired) electrons. The van der Waals surface area contributed by atoms with Crippen molar-refractivity contribution >= 4 is 27.4 Å². The highest BCUT2D eigenvalue weighted by Gasteiger charge is 2.40. The van der Waals surface area contributed by atoms with Crippen molar-refractivity contribution in [3.05, 3.63) is 17.3 Å². The Labute approximate surface area is 154 Å². The molecule has 0 aromatic carbocycles. The number of thiophene rings is 1. The molecule has 0 unspecified atom stereocenters. The van der Waals surface area contributed by atoms with Crippen molar-refractivity contribution in [3.63, 3.8) is 0 Å². The van der Waals surface area contributed by atoms with Crippen LogP contribution in [0, 0.1) is 6.92 Å². The minimum atomic E-state index is 0.263. The monoisotopic (exact) mass is 360 g/mol. The fraction of sp³-hybridized carbons (Fsp3) is 0.684. The fourth-order valence-corrected chi connectivity index (χ4v) is 5.43. The van der Waals surface area contributed by atoms with Crippen LogP contribution < -0.4 is 4.90 Å². The Morgan fingerprint density at radius 2 is 1.96 bits per heavy atom. The number of rotatable bonds is 4. The van der Waals surface area contributed by atoms with Crippen LogP contribution in [-0.4, -0.2) is 60.3 Å². The van der Waals surface area contributed by atoms with Crippen molar-refractivity contribution in [1.29, 1.82) is 0 Å². The van der Waals surface area contributed by atoms with E-state index in [2.05, 4.69) is 33.3 Å². The minimum Gasteiger partial charge on any atom is -0.379 e. The van der Waals surface area contributed by atoms with Gasteiger partial charge in [-0.15, -0.1) is 11.3 Å². The molecule has 0 spiro atoms. The maximum absolute atomic E-state index is 5.61. The van der Waals surface area contributed by atoms with Crippen molar-refractivity contribution in [3.8, 4) is 0 Å². The number of hydrogen-bond donors (Lipinski definition) is 0. The van der Waals surface area contributed by atoms with Gasteiger partial charge in [0.15, 0.2) is 0 Å². The Bertz CT molecular complexity index is 719. The van der Waals surface area contributed by atoms with Gasteiger partial charge < -0.3 is 9.64 Å². The lowest BCUT2D eigenvalue weighted by atomic mass is 9.79. The van der Waals surface area contributed by atoms with Gasteiger partial charge in [0.2, 0.25) is 0 Å². The van der Waals surface area contributed by atoms with E-state index in [4.69, 9.17) is 9.72 Å². The minimum absolute atomic E-state index is 0.263. The van der Waals surface area contributed by atoms with Gasteiger partial charge in [-0.05, 0) is 31.2 Å². The summed E-state index contributed by atoms with van der Waals surface area (Å²) in [6.45, 7) is 6.89. The molecule has 6 heteroatoms. The molecule has 2 aromatic rings. The van der Waals surface area contributed by atoms with Gasteiger partial charge >= 0.3 is 0 Å². The average molecular weight is 361 g/mol. The van der Waals surface area contributed by atoms with Crippen LogP contribution in [0.25, 0.3) is 10.2 Å². The SMILES string of the molecule is Cc1nc(N(C)CC2(N3CCOCC3)CCCCC2)c2sccc2n1. The highest BCUT2D eigenvalue weighted by molar-refractivity contribution is 7.17. The zero-order valence-corrected chi connectivity index (χ0v) is 16.1.